The number of para-hydroxylation sites is 1. The standard InChI is InChI=1S/C28H25ClN2O4S/c1-3-18-35-28(34)19-10-14-22(15-11-19)31-26(32)24(30(4-2)21-8-6-5-7-9-21)25(27(31)33)36-23-16-12-20(29)13-17-23/h5-17H,3-4,18H2,1-2H3. The Morgan fingerprint density at radius 1 is 0.917 bits per heavy atom. The lowest BCUT2D eigenvalue weighted by Gasteiger charge is -2.24. The van der Waals surface area contributed by atoms with E-state index in [9.17, 15) is 14.4 Å². The van der Waals surface area contributed by atoms with Crippen LogP contribution in [0.3, 0.4) is 0 Å². The summed E-state index contributed by atoms with van der Waals surface area (Å²) in [6.45, 7) is 4.66. The third kappa shape index (κ3) is 5.32. The number of imide groups is 1. The molecule has 3 aromatic rings. The normalized spacial score (nSPS) is 13.4. The van der Waals surface area contributed by atoms with Crippen LogP contribution in [-0.4, -0.2) is 30.9 Å². The van der Waals surface area contributed by atoms with Crippen LogP contribution in [-0.2, 0) is 14.3 Å². The van der Waals surface area contributed by atoms with Gasteiger partial charge in [-0.1, -0.05) is 48.5 Å². The van der Waals surface area contributed by atoms with E-state index in [0.29, 0.717) is 40.0 Å². The van der Waals surface area contributed by atoms with Crippen molar-refractivity contribution in [3.63, 3.8) is 0 Å². The van der Waals surface area contributed by atoms with Gasteiger partial charge in [0.1, 0.15) is 10.6 Å². The number of esters is 1. The lowest BCUT2D eigenvalue weighted by molar-refractivity contribution is -0.120. The molecule has 0 spiro atoms. The first-order valence-corrected chi connectivity index (χ1v) is 12.8. The fourth-order valence-corrected chi connectivity index (χ4v) is 4.89. The summed E-state index contributed by atoms with van der Waals surface area (Å²) in [7, 11) is 0. The van der Waals surface area contributed by atoms with Gasteiger partial charge in [-0.05, 0) is 74.0 Å². The number of benzene rings is 3. The molecule has 1 aliphatic heterocycles. The molecule has 0 N–H and O–H groups in total. The van der Waals surface area contributed by atoms with Crippen molar-refractivity contribution in [2.45, 2.75) is 25.2 Å². The minimum Gasteiger partial charge on any atom is -0.462 e. The van der Waals surface area contributed by atoms with E-state index in [1.54, 1.807) is 36.4 Å². The van der Waals surface area contributed by atoms with Crippen LogP contribution >= 0.6 is 23.4 Å². The summed E-state index contributed by atoms with van der Waals surface area (Å²) in [4.78, 5) is 43.8. The summed E-state index contributed by atoms with van der Waals surface area (Å²) in [5.41, 5.74) is 1.85. The van der Waals surface area contributed by atoms with Crippen molar-refractivity contribution in [2.75, 3.05) is 23.0 Å². The first kappa shape index (κ1) is 25.5. The molecular formula is C28H25ClN2O4S. The predicted octanol–water partition coefficient (Wildman–Crippen LogP) is 6.31. The molecule has 36 heavy (non-hydrogen) atoms. The van der Waals surface area contributed by atoms with Gasteiger partial charge in [0.25, 0.3) is 11.8 Å². The molecule has 0 radical (unpaired) electrons. The molecule has 0 saturated carbocycles. The first-order chi connectivity index (χ1) is 17.4. The van der Waals surface area contributed by atoms with Gasteiger partial charge in [-0.3, -0.25) is 9.59 Å². The number of amides is 2. The van der Waals surface area contributed by atoms with E-state index >= 15 is 0 Å². The second-order valence-electron chi connectivity index (χ2n) is 7.94. The second kappa shape index (κ2) is 11.5. The maximum Gasteiger partial charge on any atom is 0.338 e. The lowest BCUT2D eigenvalue weighted by atomic mass is 10.2. The number of nitrogens with zero attached hydrogens (tertiary/aromatic N) is 2. The fraction of sp³-hybridized carbons (Fsp3) is 0.179. The van der Waals surface area contributed by atoms with Crippen LogP contribution in [0, 0.1) is 0 Å². The molecule has 0 aliphatic carbocycles. The van der Waals surface area contributed by atoms with Crippen molar-refractivity contribution in [1.82, 2.24) is 0 Å². The SMILES string of the molecule is CCCOC(=O)c1ccc(N2C(=O)C(Sc3ccc(Cl)cc3)=C(N(CC)c3ccccc3)C2=O)cc1. The molecule has 0 unspecified atom stereocenters. The molecule has 0 fully saturated rings. The largest absolute Gasteiger partial charge is 0.462 e. The smallest absolute Gasteiger partial charge is 0.338 e. The summed E-state index contributed by atoms with van der Waals surface area (Å²) in [6, 6.07) is 22.9. The van der Waals surface area contributed by atoms with E-state index in [4.69, 9.17) is 16.3 Å². The molecule has 8 heteroatoms. The predicted molar refractivity (Wildman–Crippen MR) is 143 cm³/mol. The van der Waals surface area contributed by atoms with E-state index in [0.717, 1.165) is 21.9 Å². The van der Waals surface area contributed by atoms with Gasteiger partial charge < -0.3 is 9.64 Å². The first-order valence-electron chi connectivity index (χ1n) is 11.6. The Balaban J connectivity index is 1.72. The number of carbonyl (C=O) groups is 3. The molecule has 0 aromatic heterocycles. The monoisotopic (exact) mass is 520 g/mol. The fourth-order valence-electron chi connectivity index (χ4n) is 3.79. The third-order valence-electron chi connectivity index (χ3n) is 5.50. The quantitative estimate of drug-likeness (QED) is 0.243. The Morgan fingerprint density at radius 2 is 1.58 bits per heavy atom. The van der Waals surface area contributed by atoms with Gasteiger partial charge >= 0.3 is 5.97 Å². The van der Waals surface area contributed by atoms with Crippen molar-refractivity contribution >= 4 is 52.5 Å². The van der Waals surface area contributed by atoms with Gasteiger partial charge in [0.15, 0.2) is 0 Å². The van der Waals surface area contributed by atoms with Crippen molar-refractivity contribution in [3.8, 4) is 0 Å². The maximum atomic E-state index is 13.8. The number of ether oxygens (including phenoxy) is 1. The number of thioether (sulfide) groups is 1. The number of hydrogen-bond donors (Lipinski definition) is 0. The van der Waals surface area contributed by atoms with Crippen LogP contribution in [0.4, 0.5) is 11.4 Å². The Morgan fingerprint density at radius 3 is 2.19 bits per heavy atom. The Bertz CT molecular complexity index is 1290. The van der Waals surface area contributed by atoms with Gasteiger partial charge in [0, 0.05) is 22.2 Å². The van der Waals surface area contributed by atoms with Crippen LogP contribution in [0.2, 0.25) is 5.02 Å². The molecule has 1 heterocycles. The van der Waals surface area contributed by atoms with Crippen molar-refractivity contribution in [2.24, 2.45) is 0 Å². The van der Waals surface area contributed by atoms with E-state index < -0.39 is 17.8 Å². The second-order valence-corrected chi connectivity index (χ2v) is 9.46. The average molecular weight is 521 g/mol. The zero-order valence-electron chi connectivity index (χ0n) is 19.9. The van der Waals surface area contributed by atoms with E-state index in [2.05, 4.69) is 0 Å². The minimum atomic E-state index is -0.443. The zero-order chi connectivity index (χ0) is 25.7. The molecular weight excluding hydrogens is 496 g/mol. The van der Waals surface area contributed by atoms with Crippen LogP contribution in [0.15, 0.2) is 94.4 Å². The van der Waals surface area contributed by atoms with Crippen LogP contribution in [0.25, 0.3) is 0 Å². The van der Waals surface area contributed by atoms with Crippen LogP contribution in [0.5, 0.6) is 0 Å². The number of likely N-dealkylation sites (N-methyl/N-ethyl adjacent to an activating group) is 1. The molecule has 184 valence electrons. The van der Waals surface area contributed by atoms with E-state index in [1.165, 1.54) is 11.8 Å². The van der Waals surface area contributed by atoms with Gasteiger partial charge in [0.2, 0.25) is 0 Å². The van der Waals surface area contributed by atoms with Crippen LogP contribution < -0.4 is 9.80 Å². The molecule has 2 amide bonds. The van der Waals surface area contributed by atoms with Crippen molar-refractivity contribution < 1.29 is 19.1 Å². The van der Waals surface area contributed by atoms with Crippen molar-refractivity contribution in [1.29, 1.82) is 0 Å². The topological polar surface area (TPSA) is 66.9 Å². The summed E-state index contributed by atoms with van der Waals surface area (Å²) < 4.78 is 5.17. The van der Waals surface area contributed by atoms with Gasteiger partial charge in [0.05, 0.1) is 17.9 Å². The molecule has 1 aliphatic rings. The summed E-state index contributed by atoms with van der Waals surface area (Å²) in [5, 5.41) is 0.584. The molecule has 3 aromatic carbocycles. The minimum absolute atomic E-state index is 0.306. The number of halogens is 1. The number of anilines is 2. The Labute approximate surface area is 219 Å². The Hall–Kier alpha value is -3.55. The molecule has 0 atom stereocenters. The molecule has 0 saturated heterocycles. The highest BCUT2D eigenvalue weighted by Crippen LogP contribution is 2.40. The third-order valence-corrected chi connectivity index (χ3v) is 6.84. The van der Waals surface area contributed by atoms with Crippen molar-refractivity contribution in [3.05, 3.63) is 100 Å². The van der Waals surface area contributed by atoms with Gasteiger partial charge in [-0.2, -0.15) is 0 Å². The van der Waals surface area contributed by atoms with E-state index in [-0.39, 0.29) is 0 Å². The lowest BCUT2D eigenvalue weighted by Crippen LogP contribution is -2.35. The average Bonchev–Trinajstić information content (AvgIpc) is 3.14. The number of hydrogen-bond acceptors (Lipinski definition) is 6. The zero-order valence-corrected chi connectivity index (χ0v) is 21.5. The van der Waals surface area contributed by atoms with Gasteiger partial charge in [-0.25, -0.2) is 9.69 Å². The molecule has 4 rings (SSSR count). The van der Waals surface area contributed by atoms with E-state index in [1.807, 2.05) is 61.2 Å². The molecule has 0 bridgehead atoms. The number of rotatable bonds is 9. The highest BCUT2D eigenvalue weighted by Gasteiger charge is 2.42. The number of carbonyl (C=O) groups excluding carboxylic acids is 3. The Kier molecular flexibility index (Phi) is 8.13. The highest BCUT2D eigenvalue weighted by atomic mass is 35.5. The highest BCUT2D eigenvalue weighted by molar-refractivity contribution is 8.04. The summed E-state index contributed by atoms with van der Waals surface area (Å²) in [5.74, 6) is -1.30. The summed E-state index contributed by atoms with van der Waals surface area (Å²) in [6.07, 6.45) is 0.721. The van der Waals surface area contributed by atoms with Gasteiger partial charge in [-0.15, -0.1) is 0 Å². The molecule has 6 nitrogen and oxygen atoms in total. The maximum absolute atomic E-state index is 13.8. The summed E-state index contributed by atoms with van der Waals surface area (Å²) >= 11 is 7.26. The van der Waals surface area contributed by atoms with Crippen LogP contribution in [0.1, 0.15) is 30.6 Å².